The lowest BCUT2D eigenvalue weighted by Gasteiger charge is -2.27. The van der Waals surface area contributed by atoms with Crippen LogP contribution in [0.2, 0.25) is 0 Å². The monoisotopic (exact) mass is 178 g/mol. The molecule has 0 aromatic heterocycles. The molecule has 0 bridgehead atoms. The van der Waals surface area contributed by atoms with E-state index in [0.29, 0.717) is 6.61 Å². The van der Waals surface area contributed by atoms with Gasteiger partial charge in [0.15, 0.2) is 0 Å². The van der Waals surface area contributed by atoms with Crippen molar-refractivity contribution in [3.8, 4) is 0 Å². The van der Waals surface area contributed by atoms with Crippen molar-refractivity contribution in [2.45, 2.75) is 44.1 Å². The molecule has 11 heavy (non-hydrogen) atoms. The second-order valence-electron chi connectivity index (χ2n) is 4.01. The molecular weight excluding hydrogens is 164 g/mol. The van der Waals surface area contributed by atoms with E-state index in [0.717, 1.165) is 12.8 Å². The number of alkyl halides is 1. The summed E-state index contributed by atoms with van der Waals surface area (Å²) in [7, 11) is 0. The van der Waals surface area contributed by atoms with Crippen molar-refractivity contribution in [1.82, 2.24) is 0 Å². The maximum absolute atomic E-state index is 6.20. The lowest BCUT2D eigenvalue weighted by Crippen LogP contribution is -2.30. The van der Waals surface area contributed by atoms with Gasteiger partial charge in [0, 0.05) is 4.87 Å². The first-order valence-corrected chi connectivity index (χ1v) is 4.29. The first-order chi connectivity index (χ1) is 4.91. The van der Waals surface area contributed by atoms with Gasteiger partial charge in [-0.25, -0.2) is 9.78 Å². The highest BCUT2D eigenvalue weighted by Gasteiger charge is 2.34. The molecule has 1 atom stereocenters. The predicted molar refractivity (Wildman–Crippen MR) is 44.6 cm³/mol. The quantitative estimate of drug-likeness (QED) is 0.419. The maximum atomic E-state index is 6.20. The summed E-state index contributed by atoms with van der Waals surface area (Å²) in [6, 6.07) is 0. The van der Waals surface area contributed by atoms with Crippen LogP contribution in [0.5, 0.6) is 0 Å². The Morgan fingerprint density at radius 3 is 2.55 bits per heavy atom. The predicted octanol–water partition coefficient (Wildman–Crippen LogP) is 2.50. The van der Waals surface area contributed by atoms with E-state index >= 15 is 0 Å². The third-order valence-corrected chi connectivity index (χ3v) is 2.11. The zero-order chi connectivity index (χ0) is 8.54. The molecule has 1 aliphatic heterocycles. The molecule has 1 heterocycles. The number of hydrogen-bond acceptors (Lipinski definition) is 2. The minimum Gasteiger partial charge on any atom is -0.236 e. The Bertz CT molecular complexity index is 127. The molecule has 0 spiro atoms. The summed E-state index contributed by atoms with van der Waals surface area (Å²) in [5.41, 5.74) is -0.257. The van der Waals surface area contributed by atoms with Crippen LogP contribution in [-0.2, 0) is 9.78 Å². The summed E-state index contributed by atoms with van der Waals surface area (Å²) in [4.78, 5) is 9.92. The molecule has 0 aromatic rings. The normalized spacial score (nSPS) is 38.2. The molecule has 0 radical (unpaired) electrons. The zero-order valence-corrected chi connectivity index (χ0v) is 8.07. The molecule has 0 saturated carbocycles. The van der Waals surface area contributed by atoms with Crippen molar-refractivity contribution < 1.29 is 9.78 Å². The van der Waals surface area contributed by atoms with E-state index in [4.69, 9.17) is 21.4 Å². The van der Waals surface area contributed by atoms with Crippen molar-refractivity contribution in [3.05, 3.63) is 0 Å². The third kappa shape index (κ3) is 2.97. The van der Waals surface area contributed by atoms with Gasteiger partial charge in [-0.3, -0.25) is 0 Å². The molecule has 0 aromatic carbocycles. The molecule has 1 fully saturated rings. The smallest absolute Gasteiger partial charge is 0.0996 e. The molecule has 1 unspecified atom stereocenters. The van der Waals surface area contributed by atoms with E-state index in [1.807, 2.05) is 20.8 Å². The lowest BCUT2D eigenvalue weighted by atomic mass is 9.92. The van der Waals surface area contributed by atoms with E-state index in [9.17, 15) is 0 Å². The molecular formula is C8H15ClO2. The third-order valence-electron chi connectivity index (χ3n) is 1.79. The average Bonchev–Trinajstić information content (AvgIpc) is 1.86. The van der Waals surface area contributed by atoms with Crippen LogP contribution < -0.4 is 0 Å². The van der Waals surface area contributed by atoms with E-state index in [-0.39, 0.29) is 10.5 Å². The van der Waals surface area contributed by atoms with Crippen LogP contribution in [0, 0.1) is 0 Å². The van der Waals surface area contributed by atoms with Gasteiger partial charge in [-0.05, 0) is 33.6 Å². The van der Waals surface area contributed by atoms with Gasteiger partial charge in [0.1, 0.15) is 0 Å². The summed E-state index contributed by atoms with van der Waals surface area (Å²) < 4.78 is 0. The van der Waals surface area contributed by atoms with Crippen LogP contribution in [0.25, 0.3) is 0 Å². The highest BCUT2D eigenvalue weighted by atomic mass is 35.5. The minimum atomic E-state index is -0.257. The largest absolute Gasteiger partial charge is 0.236 e. The molecule has 1 rings (SSSR count). The van der Waals surface area contributed by atoms with Crippen LogP contribution in [-0.4, -0.2) is 17.1 Å². The van der Waals surface area contributed by atoms with Crippen LogP contribution in [0.3, 0.4) is 0 Å². The van der Waals surface area contributed by atoms with Gasteiger partial charge in [-0.1, -0.05) is 0 Å². The Labute approximate surface area is 72.7 Å². The van der Waals surface area contributed by atoms with Gasteiger partial charge in [-0.2, -0.15) is 0 Å². The van der Waals surface area contributed by atoms with E-state index < -0.39 is 0 Å². The van der Waals surface area contributed by atoms with Crippen LogP contribution in [0.15, 0.2) is 0 Å². The Balaban J connectivity index is 2.62. The van der Waals surface area contributed by atoms with E-state index in [2.05, 4.69) is 0 Å². The van der Waals surface area contributed by atoms with Gasteiger partial charge < -0.3 is 0 Å². The molecule has 1 aliphatic rings. The fourth-order valence-electron chi connectivity index (χ4n) is 1.46. The van der Waals surface area contributed by atoms with Crippen molar-refractivity contribution in [2.75, 3.05) is 6.61 Å². The van der Waals surface area contributed by atoms with E-state index in [1.54, 1.807) is 0 Å². The fourth-order valence-corrected chi connectivity index (χ4v) is 1.86. The maximum Gasteiger partial charge on any atom is 0.0996 e. The highest BCUT2D eigenvalue weighted by Crippen LogP contribution is 2.34. The minimum absolute atomic E-state index is 0.181. The second-order valence-corrected chi connectivity index (χ2v) is 4.92. The zero-order valence-electron chi connectivity index (χ0n) is 7.32. The SMILES string of the molecule is CC1(Cl)CCOOC(C)(C)C1. The van der Waals surface area contributed by atoms with Crippen molar-refractivity contribution in [2.24, 2.45) is 0 Å². The van der Waals surface area contributed by atoms with Crippen molar-refractivity contribution >= 4 is 11.6 Å². The molecule has 3 heteroatoms. The summed E-state index contributed by atoms with van der Waals surface area (Å²) in [6.07, 6.45) is 1.67. The molecule has 66 valence electrons. The van der Waals surface area contributed by atoms with Crippen LogP contribution >= 0.6 is 11.6 Å². The topological polar surface area (TPSA) is 18.5 Å². The summed E-state index contributed by atoms with van der Waals surface area (Å²) in [6.45, 7) is 6.58. The molecule has 2 nitrogen and oxygen atoms in total. The number of hydrogen-bond donors (Lipinski definition) is 0. The van der Waals surface area contributed by atoms with Crippen molar-refractivity contribution in [1.29, 1.82) is 0 Å². The molecule has 0 amide bonds. The van der Waals surface area contributed by atoms with Crippen LogP contribution in [0.4, 0.5) is 0 Å². The van der Waals surface area contributed by atoms with Gasteiger partial charge in [0.25, 0.3) is 0 Å². The average molecular weight is 179 g/mol. The first-order valence-electron chi connectivity index (χ1n) is 3.91. The fraction of sp³-hybridized carbons (Fsp3) is 1.00. The summed E-state index contributed by atoms with van der Waals surface area (Å²) in [5, 5.41) is 0. The first kappa shape index (κ1) is 9.30. The molecule has 1 saturated heterocycles. The molecule has 0 aliphatic carbocycles. The Morgan fingerprint density at radius 1 is 1.27 bits per heavy atom. The highest BCUT2D eigenvalue weighted by molar-refractivity contribution is 6.23. The second kappa shape index (κ2) is 2.92. The van der Waals surface area contributed by atoms with Gasteiger partial charge in [0.2, 0.25) is 0 Å². The Hall–Kier alpha value is 0.210. The van der Waals surface area contributed by atoms with E-state index in [1.165, 1.54) is 0 Å². The molecule has 0 N–H and O–H groups in total. The van der Waals surface area contributed by atoms with Gasteiger partial charge in [0.05, 0.1) is 12.2 Å². The number of rotatable bonds is 0. The van der Waals surface area contributed by atoms with Crippen molar-refractivity contribution in [3.63, 3.8) is 0 Å². The van der Waals surface area contributed by atoms with Gasteiger partial charge >= 0.3 is 0 Å². The van der Waals surface area contributed by atoms with Gasteiger partial charge in [-0.15, -0.1) is 11.6 Å². The standard InChI is InChI=1S/C8H15ClO2/c1-7(2)6-8(3,9)4-5-10-11-7/h4-6H2,1-3H3. The van der Waals surface area contributed by atoms with Crippen LogP contribution in [0.1, 0.15) is 33.6 Å². The Kier molecular flexibility index (Phi) is 2.47. The summed E-state index contributed by atoms with van der Waals surface area (Å²) >= 11 is 6.20. The number of halogens is 1. The Morgan fingerprint density at radius 2 is 1.91 bits per heavy atom. The summed E-state index contributed by atoms with van der Waals surface area (Å²) in [5.74, 6) is 0. The lowest BCUT2D eigenvalue weighted by molar-refractivity contribution is -0.346.